The Morgan fingerprint density at radius 2 is 2.55 bits per heavy atom. The summed E-state index contributed by atoms with van der Waals surface area (Å²) >= 11 is 0. The van der Waals surface area contributed by atoms with E-state index in [1.165, 1.54) is 11.8 Å². The third-order valence-corrected chi connectivity index (χ3v) is 1.68. The normalized spacial score (nSPS) is 24.4. The Hall–Kier alpha value is -1.08. The molecule has 60 valence electrons. The van der Waals surface area contributed by atoms with Crippen molar-refractivity contribution in [1.29, 1.82) is 5.26 Å². The lowest BCUT2D eigenvalue weighted by Crippen LogP contribution is -2.46. The Balaban J connectivity index is 2.60. The largest absolute Gasteiger partial charge is 0.376 e. The van der Waals surface area contributed by atoms with Gasteiger partial charge in [-0.3, -0.25) is 4.79 Å². The minimum Gasteiger partial charge on any atom is -0.376 e. The first kappa shape index (κ1) is 8.02. The van der Waals surface area contributed by atoms with E-state index < -0.39 is 0 Å². The molecule has 0 N–H and O–H groups in total. The monoisotopic (exact) mass is 154 g/mol. The van der Waals surface area contributed by atoms with E-state index in [2.05, 4.69) is 0 Å². The van der Waals surface area contributed by atoms with Gasteiger partial charge in [-0.25, -0.2) is 0 Å². The molecule has 1 aliphatic rings. The predicted octanol–water partition coefficient (Wildman–Crippen LogP) is -0.243. The van der Waals surface area contributed by atoms with Crippen molar-refractivity contribution >= 4 is 5.91 Å². The molecule has 1 rings (SSSR count). The van der Waals surface area contributed by atoms with Crippen LogP contribution in [-0.2, 0) is 9.53 Å². The number of carbonyl (C=O) groups is 1. The molecule has 1 aliphatic heterocycles. The molecular formula is C7H10N2O2. The first-order valence-corrected chi connectivity index (χ1v) is 3.50. The number of morpholine rings is 1. The van der Waals surface area contributed by atoms with E-state index in [9.17, 15) is 4.79 Å². The number of hydrogen-bond donors (Lipinski definition) is 0. The summed E-state index contributed by atoms with van der Waals surface area (Å²) in [6.45, 7) is 2.89. The highest BCUT2D eigenvalue weighted by molar-refractivity contribution is 5.74. The van der Waals surface area contributed by atoms with Gasteiger partial charge in [0.05, 0.1) is 19.3 Å². The van der Waals surface area contributed by atoms with Gasteiger partial charge in [-0.1, -0.05) is 0 Å². The lowest BCUT2D eigenvalue weighted by molar-refractivity contribution is -0.135. The third-order valence-electron chi connectivity index (χ3n) is 1.68. The van der Waals surface area contributed by atoms with Crippen molar-refractivity contribution < 1.29 is 9.53 Å². The Morgan fingerprint density at radius 3 is 3.00 bits per heavy atom. The number of carbonyl (C=O) groups excluding carboxylic acids is 1. The van der Waals surface area contributed by atoms with Crippen LogP contribution in [0.1, 0.15) is 6.92 Å². The second-order valence-electron chi connectivity index (χ2n) is 2.43. The third kappa shape index (κ3) is 1.69. The van der Waals surface area contributed by atoms with Crippen LogP contribution in [0.15, 0.2) is 0 Å². The highest BCUT2D eigenvalue weighted by atomic mass is 16.5. The summed E-state index contributed by atoms with van der Waals surface area (Å²) in [6, 6.07) is 1.63. The topological polar surface area (TPSA) is 53.3 Å². The highest BCUT2D eigenvalue weighted by Crippen LogP contribution is 2.05. The summed E-state index contributed by atoms with van der Waals surface area (Å²) in [6.07, 6.45) is 0. The molecule has 0 bridgehead atoms. The van der Waals surface area contributed by atoms with Gasteiger partial charge < -0.3 is 9.64 Å². The smallest absolute Gasteiger partial charge is 0.220 e. The lowest BCUT2D eigenvalue weighted by Gasteiger charge is -2.30. The van der Waals surface area contributed by atoms with Crippen LogP contribution in [0.4, 0.5) is 0 Å². The Labute approximate surface area is 65.4 Å². The minimum atomic E-state index is -0.388. The van der Waals surface area contributed by atoms with Crippen molar-refractivity contribution in [2.45, 2.75) is 13.0 Å². The number of amides is 1. The zero-order valence-electron chi connectivity index (χ0n) is 6.41. The number of rotatable bonds is 0. The number of hydrogen-bond acceptors (Lipinski definition) is 3. The molecule has 0 aromatic heterocycles. The molecule has 0 spiro atoms. The second-order valence-corrected chi connectivity index (χ2v) is 2.43. The minimum absolute atomic E-state index is 0.0557. The predicted molar refractivity (Wildman–Crippen MR) is 37.6 cm³/mol. The van der Waals surface area contributed by atoms with E-state index in [0.717, 1.165) is 0 Å². The van der Waals surface area contributed by atoms with E-state index in [-0.39, 0.29) is 11.9 Å². The molecule has 1 heterocycles. The van der Waals surface area contributed by atoms with Crippen LogP contribution in [0.5, 0.6) is 0 Å². The number of ether oxygens (including phenoxy) is 1. The van der Waals surface area contributed by atoms with Gasteiger partial charge in [0, 0.05) is 13.5 Å². The van der Waals surface area contributed by atoms with E-state index in [1.807, 2.05) is 6.07 Å². The fraction of sp³-hybridized carbons (Fsp3) is 0.714. The van der Waals surface area contributed by atoms with Gasteiger partial charge in [0.15, 0.2) is 0 Å². The number of nitriles is 1. The number of nitrogens with zero attached hydrogens (tertiary/aromatic N) is 2. The van der Waals surface area contributed by atoms with Gasteiger partial charge in [0.1, 0.15) is 6.04 Å². The molecular weight excluding hydrogens is 144 g/mol. The summed E-state index contributed by atoms with van der Waals surface area (Å²) in [5.41, 5.74) is 0. The van der Waals surface area contributed by atoms with Gasteiger partial charge in [-0.05, 0) is 0 Å². The van der Waals surface area contributed by atoms with Crippen molar-refractivity contribution in [3.63, 3.8) is 0 Å². The van der Waals surface area contributed by atoms with Gasteiger partial charge in [-0.15, -0.1) is 0 Å². The van der Waals surface area contributed by atoms with Crippen molar-refractivity contribution in [3.05, 3.63) is 0 Å². The zero-order valence-corrected chi connectivity index (χ0v) is 6.41. The van der Waals surface area contributed by atoms with Crippen molar-refractivity contribution in [2.75, 3.05) is 19.8 Å². The Morgan fingerprint density at radius 1 is 1.82 bits per heavy atom. The maximum Gasteiger partial charge on any atom is 0.220 e. The first-order valence-electron chi connectivity index (χ1n) is 3.50. The summed E-state index contributed by atoms with van der Waals surface area (Å²) in [5, 5.41) is 8.59. The molecule has 4 nitrogen and oxygen atoms in total. The van der Waals surface area contributed by atoms with Crippen LogP contribution in [0.25, 0.3) is 0 Å². The fourth-order valence-electron chi connectivity index (χ4n) is 1.09. The molecule has 0 aromatic carbocycles. The van der Waals surface area contributed by atoms with E-state index in [0.29, 0.717) is 19.8 Å². The molecule has 11 heavy (non-hydrogen) atoms. The van der Waals surface area contributed by atoms with Crippen molar-refractivity contribution in [1.82, 2.24) is 4.90 Å². The highest BCUT2D eigenvalue weighted by Gasteiger charge is 2.23. The quantitative estimate of drug-likeness (QED) is 0.483. The van der Waals surface area contributed by atoms with Crippen LogP contribution >= 0.6 is 0 Å². The fourth-order valence-corrected chi connectivity index (χ4v) is 1.09. The van der Waals surface area contributed by atoms with Gasteiger partial charge in [0.25, 0.3) is 0 Å². The molecule has 0 radical (unpaired) electrons. The average molecular weight is 154 g/mol. The van der Waals surface area contributed by atoms with E-state index >= 15 is 0 Å². The van der Waals surface area contributed by atoms with Crippen LogP contribution in [-0.4, -0.2) is 36.6 Å². The summed E-state index contributed by atoms with van der Waals surface area (Å²) in [5.74, 6) is -0.0557. The molecule has 0 aromatic rings. The van der Waals surface area contributed by atoms with Crippen LogP contribution in [0.2, 0.25) is 0 Å². The second kappa shape index (κ2) is 3.35. The molecule has 0 aliphatic carbocycles. The Kier molecular flexibility index (Phi) is 2.44. The van der Waals surface area contributed by atoms with Crippen LogP contribution in [0.3, 0.4) is 0 Å². The molecule has 1 atom stereocenters. The van der Waals surface area contributed by atoms with Gasteiger partial charge in [-0.2, -0.15) is 5.26 Å². The van der Waals surface area contributed by atoms with Gasteiger partial charge in [0.2, 0.25) is 5.91 Å². The maximum absolute atomic E-state index is 10.9. The maximum atomic E-state index is 10.9. The first-order chi connectivity index (χ1) is 5.25. The molecule has 1 amide bonds. The summed E-state index contributed by atoms with van der Waals surface area (Å²) in [4.78, 5) is 12.4. The molecule has 1 unspecified atom stereocenters. The molecule has 4 heteroatoms. The Bertz CT molecular complexity index is 197. The SMILES string of the molecule is CC(=O)N1CCOCC1C#N. The summed E-state index contributed by atoms with van der Waals surface area (Å²) in [7, 11) is 0. The van der Waals surface area contributed by atoms with E-state index in [1.54, 1.807) is 0 Å². The zero-order chi connectivity index (χ0) is 8.27. The van der Waals surface area contributed by atoms with Crippen LogP contribution in [0, 0.1) is 11.3 Å². The molecule has 0 saturated carbocycles. The standard InChI is InChI=1S/C7H10N2O2/c1-6(10)9-2-3-11-5-7(9)4-8/h7H,2-3,5H2,1H3. The average Bonchev–Trinajstić information content (AvgIpc) is 2.04. The van der Waals surface area contributed by atoms with Gasteiger partial charge >= 0.3 is 0 Å². The molecule has 1 saturated heterocycles. The summed E-state index contributed by atoms with van der Waals surface area (Å²) < 4.78 is 5.04. The van der Waals surface area contributed by atoms with Crippen LogP contribution < -0.4 is 0 Å². The van der Waals surface area contributed by atoms with E-state index in [4.69, 9.17) is 10.00 Å². The van der Waals surface area contributed by atoms with Crippen molar-refractivity contribution in [2.24, 2.45) is 0 Å². The lowest BCUT2D eigenvalue weighted by atomic mass is 10.2. The van der Waals surface area contributed by atoms with Crippen molar-refractivity contribution in [3.8, 4) is 6.07 Å². The molecule has 1 fully saturated rings.